The quantitative estimate of drug-likeness (QED) is 0.672. The lowest BCUT2D eigenvalue weighted by molar-refractivity contribution is 0.102. The minimum Gasteiger partial charge on any atom is -0.322 e. The van der Waals surface area contributed by atoms with E-state index in [1.54, 1.807) is 18.2 Å². The van der Waals surface area contributed by atoms with Crippen LogP contribution in [0.15, 0.2) is 46.9 Å². The highest BCUT2D eigenvalue weighted by Gasteiger charge is 2.11. The molecule has 5 heteroatoms. The summed E-state index contributed by atoms with van der Waals surface area (Å²) in [7, 11) is 0. The highest BCUT2D eigenvalue weighted by molar-refractivity contribution is 9.10. The number of amides is 1. The van der Waals surface area contributed by atoms with Gasteiger partial charge in [0, 0.05) is 21.1 Å². The Hall–Kier alpha value is -1.03. The average molecular weight is 387 g/mol. The van der Waals surface area contributed by atoms with Crippen molar-refractivity contribution < 1.29 is 4.79 Å². The molecule has 1 N–H and O–H groups in total. The van der Waals surface area contributed by atoms with E-state index < -0.39 is 0 Å². The Balaban J connectivity index is 2.14. The predicted octanol–water partition coefficient (Wildman–Crippen LogP) is 5.53. The maximum Gasteiger partial charge on any atom is 0.256 e. The number of nitrogens with one attached hydrogen (secondary N) is 1. The zero-order chi connectivity index (χ0) is 15.2. The number of hydrogen-bond acceptors (Lipinski definition) is 1. The Kier molecular flexibility index (Phi) is 6.09. The van der Waals surface area contributed by atoms with E-state index in [1.807, 2.05) is 24.3 Å². The zero-order valence-corrected chi connectivity index (χ0v) is 14.3. The predicted molar refractivity (Wildman–Crippen MR) is 92.6 cm³/mol. The topological polar surface area (TPSA) is 29.1 Å². The van der Waals surface area contributed by atoms with E-state index in [2.05, 4.69) is 21.2 Å². The molecule has 0 aliphatic rings. The van der Waals surface area contributed by atoms with Crippen molar-refractivity contribution in [3.63, 3.8) is 0 Å². The number of halogens is 3. The van der Waals surface area contributed by atoms with Crippen LogP contribution in [0.3, 0.4) is 0 Å². The van der Waals surface area contributed by atoms with Crippen LogP contribution >= 0.6 is 39.1 Å². The molecule has 0 saturated heterocycles. The fraction of sp³-hybridized carbons (Fsp3) is 0.188. The number of anilines is 1. The smallest absolute Gasteiger partial charge is 0.256 e. The standard InChI is InChI=1S/C16H14BrCl2NO/c17-15-7-6-12(19)10-14(15)16(21)20-13-5-1-3-11(9-13)4-2-8-18/h1,3,5-7,9-10H,2,4,8H2,(H,20,21). The maximum atomic E-state index is 12.3. The summed E-state index contributed by atoms with van der Waals surface area (Å²) in [5, 5.41) is 3.41. The van der Waals surface area contributed by atoms with Crippen LogP contribution in [0, 0.1) is 0 Å². The number of carbonyl (C=O) groups is 1. The number of benzene rings is 2. The first-order valence-corrected chi connectivity index (χ1v) is 8.22. The SMILES string of the molecule is O=C(Nc1cccc(CCCCl)c1)c1cc(Cl)ccc1Br. The summed E-state index contributed by atoms with van der Waals surface area (Å²) in [6.45, 7) is 0. The van der Waals surface area contributed by atoms with Gasteiger partial charge in [0.1, 0.15) is 0 Å². The molecule has 110 valence electrons. The molecule has 21 heavy (non-hydrogen) atoms. The Labute approximate surface area is 142 Å². The average Bonchev–Trinajstić information content (AvgIpc) is 2.48. The maximum absolute atomic E-state index is 12.3. The molecule has 0 spiro atoms. The third-order valence-corrected chi connectivity index (χ3v) is 4.15. The van der Waals surface area contributed by atoms with Gasteiger partial charge in [-0.05, 0) is 64.7 Å². The summed E-state index contributed by atoms with van der Waals surface area (Å²) < 4.78 is 0.711. The molecule has 0 radical (unpaired) electrons. The third kappa shape index (κ3) is 4.73. The van der Waals surface area contributed by atoms with Crippen LogP contribution in [0.2, 0.25) is 5.02 Å². The highest BCUT2D eigenvalue weighted by Crippen LogP contribution is 2.22. The summed E-state index contributed by atoms with van der Waals surface area (Å²) >= 11 is 15.0. The van der Waals surface area contributed by atoms with Gasteiger partial charge in [-0.15, -0.1) is 11.6 Å². The fourth-order valence-corrected chi connectivity index (χ4v) is 2.68. The van der Waals surface area contributed by atoms with Gasteiger partial charge in [-0.3, -0.25) is 4.79 Å². The Morgan fingerprint density at radius 3 is 2.76 bits per heavy atom. The molecule has 0 bridgehead atoms. The van der Waals surface area contributed by atoms with Crippen LogP contribution in [0.5, 0.6) is 0 Å². The van der Waals surface area contributed by atoms with E-state index in [4.69, 9.17) is 23.2 Å². The van der Waals surface area contributed by atoms with Crippen molar-refractivity contribution in [2.45, 2.75) is 12.8 Å². The van der Waals surface area contributed by atoms with Crippen molar-refractivity contribution >= 4 is 50.7 Å². The van der Waals surface area contributed by atoms with Gasteiger partial charge >= 0.3 is 0 Å². The van der Waals surface area contributed by atoms with E-state index in [0.717, 1.165) is 24.1 Å². The Morgan fingerprint density at radius 1 is 1.19 bits per heavy atom. The van der Waals surface area contributed by atoms with Crippen molar-refractivity contribution in [2.24, 2.45) is 0 Å². The molecule has 0 aromatic heterocycles. The van der Waals surface area contributed by atoms with Crippen molar-refractivity contribution in [1.29, 1.82) is 0 Å². The molecule has 2 aromatic carbocycles. The second kappa shape index (κ2) is 7.83. The molecule has 0 fully saturated rings. The minimum absolute atomic E-state index is 0.195. The molecule has 2 aromatic rings. The molecule has 2 rings (SSSR count). The molecule has 0 atom stereocenters. The first-order valence-electron chi connectivity index (χ1n) is 6.51. The van der Waals surface area contributed by atoms with Gasteiger partial charge in [0.05, 0.1) is 5.56 Å². The molecule has 0 heterocycles. The minimum atomic E-state index is -0.195. The second-order valence-electron chi connectivity index (χ2n) is 4.57. The van der Waals surface area contributed by atoms with E-state index in [9.17, 15) is 4.79 Å². The molecule has 0 unspecified atom stereocenters. The van der Waals surface area contributed by atoms with Crippen LogP contribution in [-0.2, 0) is 6.42 Å². The van der Waals surface area contributed by atoms with Crippen LogP contribution in [0.1, 0.15) is 22.3 Å². The molecular weight excluding hydrogens is 373 g/mol. The number of hydrogen-bond donors (Lipinski definition) is 1. The van der Waals surface area contributed by atoms with Crippen molar-refractivity contribution in [1.82, 2.24) is 0 Å². The summed E-state index contributed by atoms with van der Waals surface area (Å²) in [4.78, 5) is 12.3. The van der Waals surface area contributed by atoms with Gasteiger partial charge in [-0.1, -0.05) is 23.7 Å². The molecule has 2 nitrogen and oxygen atoms in total. The summed E-state index contributed by atoms with van der Waals surface area (Å²) in [6, 6.07) is 12.9. The van der Waals surface area contributed by atoms with Gasteiger partial charge < -0.3 is 5.32 Å². The van der Waals surface area contributed by atoms with Crippen LogP contribution in [0.4, 0.5) is 5.69 Å². The van der Waals surface area contributed by atoms with E-state index in [1.165, 1.54) is 0 Å². The third-order valence-electron chi connectivity index (χ3n) is 2.96. The molecule has 0 saturated carbocycles. The molecule has 0 aliphatic heterocycles. The van der Waals surface area contributed by atoms with Gasteiger partial charge in [-0.25, -0.2) is 0 Å². The zero-order valence-electron chi connectivity index (χ0n) is 11.2. The van der Waals surface area contributed by atoms with E-state index in [-0.39, 0.29) is 5.91 Å². The number of rotatable bonds is 5. The fourth-order valence-electron chi connectivity index (χ4n) is 1.95. The van der Waals surface area contributed by atoms with Crippen molar-refractivity contribution in [3.05, 3.63) is 63.1 Å². The summed E-state index contributed by atoms with van der Waals surface area (Å²) in [5.74, 6) is 0.436. The Bertz CT molecular complexity index is 646. The normalized spacial score (nSPS) is 10.4. The number of aryl methyl sites for hydroxylation is 1. The van der Waals surface area contributed by atoms with Crippen LogP contribution < -0.4 is 5.32 Å². The van der Waals surface area contributed by atoms with Crippen molar-refractivity contribution in [2.75, 3.05) is 11.2 Å². The molecule has 0 aliphatic carbocycles. The second-order valence-corrected chi connectivity index (χ2v) is 6.24. The Morgan fingerprint density at radius 2 is 2.00 bits per heavy atom. The van der Waals surface area contributed by atoms with Crippen LogP contribution in [0.25, 0.3) is 0 Å². The lowest BCUT2D eigenvalue weighted by atomic mass is 10.1. The molecule has 1 amide bonds. The van der Waals surface area contributed by atoms with Gasteiger partial charge in [0.15, 0.2) is 0 Å². The van der Waals surface area contributed by atoms with Gasteiger partial charge in [0.2, 0.25) is 0 Å². The monoisotopic (exact) mass is 385 g/mol. The summed E-state index contributed by atoms with van der Waals surface area (Å²) in [5.41, 5.74) is 2.42. The van der Waals surface area contributed by atoms with Gasteiger partial charge in [0.25, 0.3) is 5.91 Å². The van der Waals surface area contributed by atoms with Gasteiger partial charge in [-0.2, -0.15) is 0 Å². The summed E-state index contributed by atoms with van der Waals surface area (Å²) in [6.07, 6.45) is 1.81. The lowest BCUT2D eigenvalue weighted by Crippen LogP contribution is -2.12. The highest BCUT2D eigenvalue weighted by atomic mass is 79.9. The first kappa shape index (κ1) is 16.3. The lowest BCUT2D eigenvalue weighted by Gasteiger charge is -2.09. The molecular formula is C16H14BrCl2NO. The first-order chi connectivity index (χ1) is 10.1. The van der Waals surface area contributed by atoms with E-state index in [0.29, 0.717) is 20.9 Å². The largest absolute Gasteiger partial charge is 0.322 e. The van der Waals surface area contributed by atoms with Crippen molar-refractivity contribution in [3.8, 4) is 0 Å². The van der Waals surface area contributed by atoms with Crippen LogP contribution in [-0.4, -0.2) is 11.8 Å². The van der Waals surface area contributed by atoms with E-state index >= 15 is 0 Å². The number of carbonyl (C=O) groups excluding carboxylic acids is 1. The number of alkyl halides is 1.